The topological polar surface area (TPSA) is 46.2 Å². The van der Waals surface area contributed by atoms with Crippen molar-refractivity contribution < 1.29 is 9.59 Å². The first-order valence-corrected chi connectivity index (χ1v) is 9.65. The molecule has 3 aromatic rings. The zero-order valence-corrected chi connectivity index (χ0v) is 15.1. The molecule has 4 rings (SSSR count). The van der Waals surface area contributed by atoms with Crippen LogP contribution in [-0.2, 0) is 12.8 Å². The van der Waals surface area contributed by atoms with Crippen LogP contribution in [0.3, 0.4) is 0 Å². The summed E-state index contributed by atoms with van der Waals surface area (Å²) in [5.41, 5.74) is 3.58. The van der Waals surface area contributed by atoms with Gasteiger partial charge in [0.1, 0.15) is 0 Å². The van der Waals surface area contributed by atoms with E-state index >= 15 is 0 Å². The van der Waals surface area contributed by atoms with Crippen LogP contribution in [0, 0.1) is 0 Å². The van der Waals surface area contributed by atoms with E-state index in [9.17, 15) is 9.59 Å². The smallest absolute Gasteiger partial charge is 0.252 e. The van der Waals surface area contributed by atoms with E-state index in [2.05, 4.69) is 23.5 Å². The van der Waals surface area contributed by atoms with E-state index in [4.69, 9.17) is 0 Å². The first-order chi connectivity index (χ1) is 12.7. The van der Waals surface area contributed by atoms with E-state index in [1.54, 1.807) is 30.3 Å². The largest absolute Gasteiger partial charge is 0.349 e. The Bertz CT molecular complexity index is 946. The minimum atomic E-state index is -0.171. The van der Waals surface area contributed by atoms with E-state index in [0.29, 0.717) is 16.0 Å². The summed E-state index contributed by atoms with van der Waals surface area (Å²) in [6, 6.07) is 19.2. The average molecular weight is 361 g/mol. The number of benzene rings is 2. The third-order valence-corrected chi connectivity index (χ3v) is 5.71. The van der Waals surface area contributed by atoms with Gasteiger partial charge in [0, 0.05) is 11.6 Å². The molecule has 0 saturated heterocycles. The molecule has 0 radical (unpaired) electrons. The standard InChI is InChI=1S/C22H19NO2S/c24-21(20-10-5-13-26-20)18-8-3-4-9-19(18)22(25)23-17-12-11-15-6-1-2-7-16(15)14-17/h1-10,13,17H,11-12,14H2,(H,23,25). The van der Waals surface area contributed by atoms with Gasteiger partial charge in [0.15, 0.2) is 0 Å². The molecule has 0 spiro atoms. The number of rotatable bonds is 4. The van der Waals surface area contributed by atoms with Crippen LogP contribution in [0.5, 0.6) is 0 Å². The normalized spacial score (nSPS) is 15.9. The monoisotopic (exact) mass is 361 g/mol. The lowest BCUT2D eigenvalue weighted by molar-refractivity contribution is 0.0924. The highest BCUT2D eigenvalue weighted by Gasteiger charge is 2.23. The first-order valence-electron chi connectivity index (χ1n) is 8.77. The molecule has 2 aromatic carbocycles. The van der Waals surface area contributed by atoms with Gasteiger partial charge in [0.25, 0.3) is 5.91 Å². The van der Waals surface area contributed by atoms with Gasteiger partial charge in [0.05, 0.1) is 10.4 Å². The van der Waals surface area contributed by atoms with E-state index in [0.717, 1.165) is 19.3 Å². The van der Waals surface area contributed by atoms with Gasteiger partial charge in [-0.1, -0.05) is 48.5 Å². The Kier molecular flexibility index (Phi) is 4.67. The van der Waals surface area contributed by atoms with Crippen molar-refractivity contribution in [2.24, 2.45) is 0 Å². The summed E-state index contributed by atoms with van der Waals surface area (Å²) in [5, 5.41) is 5.00. The van der Waals surface area contributed by atoms with Crippen LogP contribution in [0.1, 0.15) is 43.1 Å². The molecule has 4 heteroatoms. The quantitative estimate of drug-likeness (QED) is 0.706. The summed E-state index contributed by atoms with van der Waals surface area (Å²) >= 11 is 1.39. The Morgan fingerprint density at radius 3 is 2.38 bits per heavy atom. The number of hydrogen-bond donors (Lipinski definition) is 1. The molecule has 1 aliphatic carbocycles. The summed E-state index contributed by atoms with van der Waals surface area (Å²) in [5.74, 6) is -0.269. The van der Waals surface area contributed by atoms with Gasteiger partial charge in [-0.05, 0) is 47.9 Å². The maximum Gasteiger partial charge on any atom is 0.252 e. The number of nitrogens with one attached hydrogen (secondary N) is 1. The molecule has 130 valence electrons. The number of carbonyl (C=O) groups excluding carboxylic acids is 2. The number of thiophene rings is 1. The second kappa shape index (κ2) is 7.26. The lowest BCUT2D eigenvalue weighted by Crippen LogP contribution is -2.39. The highest BCUT2D eigenvalue weighted by atomic mass is 32.1. The molecule has 26 heavy (non-hydrogen) atoms. The molecule has 1 aliphatic rings. The lowest BCUT2D eigenvalue weighted by Gasteiger charge is -2.25. The molecular weight excluding hydrogens is 342 g/mol. The van der Waals surface area contributed by atoms with Crippen LogP contribution < -0.4 is 5.32 Å². The van der Waals surface area contributed by atoms with Crippen LogP contribution in [0.4, 0.5) is 0 Å². The maximum absolute atomic E-state index is 12.9. The highest BCUT2D eigenvalue weighted by Crippen LogP contribution is 2.22. The number of fused-ring (bicyclic) bond motifs is 1. The molecule has 0 bridgehead atoms. The van der Waals surface area contributed by atoms with Gasteiger partial charge in [-0.3, -0.25) is 9.59 Å². The molecule has 0 aliphatic heterocycles. The minimum Gasteiger partial charge on any atom is -0.349 e. The molecule has 1 atom stereocenters. The van der Waals surface area contributed by atoms with Crippen LogP contribution >= 0.6 is 11.3 Å². The molecular formula is C22H19NO2S. The average Bonchev–Trinajstić information content (AvgIpc) is 3.22. The lowest BCUT2D eigenvalue weighted by atomic mass is 9.88. The summed E-state index contributed by atoms with van der Waals surface area (Å²) in [4.78, 5) is 26.2. The zero-order chi connectivity index (χ0) is 17.9. The van der Waals surface area contributed by atoms with Gasteiger partial charge >= 0.3 is 0 Å². The first kappa shape index (κ1) is 16.7. The van der Waals surface area contributed by atoms with Gasteiger partial charge in [-0.2, -0.15) is 0 Å². The Balaban J connectivity index is 1.54. The Morgan fingerprint density at radius 1 is 0.885 bits per heavy atom. The van der Waals surface area contributed by atoms with Crippen LogP contribution in [0.2, 0.25) is 0 Å². The summed E-state index contributed by atoms with van der Waals surface area (Å²) < 4.78 is 0. The fourth-order valence-corrected chi connectivity index (χ4v) is 4.18. The fourth-order valence-electron chi connectivity index (χ4n) is 3.50. The molecule has 1 N–H and O–H groups in total. The van der Waals surface area contributed by atoms with Crippen molar-refractivity contribution in [2.75, 3.05) is 0 Å². The molecule has 1 amide bonds. The van der Waals surface area contributed by atoms with E-state index in [1.165, 1.54) is 22.5 Å². The van der Waals surface area contributed by atoms with Crippen LogP contribution in [0.25, 0.3) is 0 Å². The minimum absolute atomic E-state index is 0.0975. The van der Waals surface area contributed by atoms with Crippen LogP contribution in [0.15, 0.2) is 66.0 Å². The molecule has 1 heterocycles. The maximum atomic E-state index is 12.9. The van der Waals surface area contributed by atoms with E-state index in [1.807, 2.05) is 17.5 Å². The number of amides is 1. The molecule has 0 saturated carbocycles. The fraction of sp³-hybridized carbons (Fsp3) is 0.182. The Morgan fingerprint density at radius 2 is 1.62 bits per heavy atom. The second-order valence-electron chi connectivity index (χ2n) is 6.53. The number of ketones is 1. The SMILES string of the molecule is O=C(NC1CCc2ccccc2C1)c1ccccc1C(=O)c1cccs1. The molecule has 1 unspecified atom stereocenters. The molecule has 3 nitrogen and oxygen atoms in total. The van der Waals surface area contributed by atoms with Gasteiger partial charge < -0.3 is 5.32 Å². The second-order valence-corrected chi connectivity index (χ2v) is 7.48. The Labute approximate surface area is 156 Å². The van der Waals surface area contributed by atoms with Gasteiger partial charge in [-0.15, -0.1) is 11.3 Å². The third kappa shape index (κ3) is 3.33. The van der Waals surface area contributed by atoms with Gasteiger partial charge in [-0.25, -0.2) is 0 Å². The third-order valence-electron chi connectivity index (χ3n) is 4.84. The number of aryl methyl sites for hydroxylation is 1. The van der Waals surface area contributed by atoms with Crippen molar-refractivity contribution in [3.8, 4) is 0 Å². The van der Waals surface area contributed by atoms with Gasteiger partial charge in [0.2, 0.25) is 5.78 Å². The number of carbonyl (C=O) groups is 2. The van der Waals surface area contributed by atoms with Crippen LogP contribution in [-0.4, -0.2) is 17.7 Å². The van der Waals surface area contributed by atoms with E-state index in [-0.39, 0.29) is 17.7 Å². The van der Waals surface area contributed by atoms with Crippen molar-refractivity contribution in [1.29, 1.82) is 0 Å². The zero-order valence-electron chi connectivity index (χ0n) is 14.3. The van der Waals surface area contributed by atoms with E-state index < -0.39 is 0 Å². The van der Waals surface area contributed by atoms with Crippen molar-refractivity contribution in [1.82, 2.24) is 5.32 Å². The van der Waals surface area contributed by atoms with Crippen molar-refractivity contribution in [2.45, 2.75) is 25.3 Å². The Hall–Kier alpha value is -2.72. The predicted octanol–water partition coefficient (Wildman–Crippen LogP) is 4.27. The molecule has 1 aromatic heterocycles. The predicted molar refractivity (Wildman–Crippen MR) is 104 cm³/mol. The highest BCUT2D eigenvalue weighted by molar-refractivity contribution is 7.12. The van der Waals surface area contributed by atoms with Crippen molar-refractivity contribution in [3.05, 3.63) is 93.2 Å². The van der Waals surface area contributed by atoms with Crippen molar-refractivity contribution >= 4 is 23.0 Å². The molecule has 0 fully saturated rings. The summed E-state index contributed by atoms with van der Waals surface area (Å²) in [6.07, 6.45) is 2.73. The van der Waals surface area contributed by atoms with Crippen molar-refractivity contribution in [3.63, 3.8) is 0 Å². The summed E-state index contributed by atoms with van der Waals surface area (Å²) in [7, 11) is 0. The summed E-state index contributed by atoms with van der Waals surface area (Å²) in [6.45, 7) is 0. The number of hydrogen-bond acceptors (Lipinski definition) is 3.